The monoisotopic (exact) mass is 253 g/mol. The van der Waals surface area contributed by atoms with Gasteiger partial charge in [0.2, 0.25) is 0 Å². The van der Waals surface area contributed by atoms with Crippen molar-refractivity contribution in [1.82, 2.24) is 15.0 Å². The maximum absolute atomic E-state index is 5.89. The second kappa shape index (κ2) is 4.64. The van der Waals surface area contributed by atoms with E-state index < -0.39 is 7.12 Å². The third kappa shape index (κ3) is 2.43. The van der Waals surface area contributed by atoms with Crippen molar-refractivity contribution < 1.29 is 14.0 Å². The van der Waals surface area contributed by atoms with Crippen molar-refractivity contribution in [3.63, 3.8) is 0 Å². The van der Waals surface area contributed by atoms with Crippen LogP contribution < -0.4 is 5.59 Å². The van der Waals surface area contributed by atoms with Crippen LogP contribution in [0.25, 0.3) is 0 Å². The Labute approximate surface area is 108 Å². The lowest BCUT2D eigenvalue weighted by atomic mass is 9.86. The second-order valence-corrected chi connectivity index (χ2v) is 5.39. The molecule has 0 radical (unpaired) electrons. The Hall–Kier alpha value is -0.915. The number of hydrogen-bond donors (Lipinski definition) is 0. The van der Waals surface area contributed by atoms with E-state index in [0.29, 0.717) is 18.9 Å². The van der Waals surface area contributed by atoms with Crippen molar-refractivity contribution in [1.29, 1.82) is 0 Å². The molecule has 0 aromatic carbocycles. The number of ether oxygens (including phenoxy) is 1. The molecule has 0 unspecified atom stereocenters. The molecule has 0 spiro atoms. The molecular weight excluding hydrogens is 233 g/mol. The summed E-state index contributed by atoms with van der Waals surface area (Å²) >= 11 is 0. The summed E-state index contributed by atoms with van der Waals surface area (Å²) in [4.78, 5) is 0. The van der Waals surface area contributed by atoms with Crippen LogP contribution in [0.5, 0.6) is 0 Å². The Bertz CT molecular complexity index is 403. The van der Waals surface area contributed by atoms with Gasteiger partial charge in [0.15, 0.2) is 0 Å². The van der Waals surface area contributed by atoms with E-state index in [2.05, 4.69) is 10.3 Å². The quantitative estimate of drug-likeness (QED) is 0.734. The van der Waals surface area contributed by atoms with Crippen molar-refractivity contribution in [2.24, 2.45) is 0 Å². The van der Waals surface area contributed by atoms with Crippen molar-refractivity contribution >= 4 is 12.7 Å². The number of hydrogen-bond acceptors (Lipinski definition) is 5. The van der Waals surface area contributed by atoms with Gasteiger partial charge in [-0.2, -0.15) is 0 Å². The molecule has 2 heterocycles. The summed E-state index contributed by atoms with van der Waals surface area (Å²) in [5.41, 5.74) is -0.0451. The van der Waals surface area contributed by atoms with E-state index in [9.17, 15) is 0 Å². The molecule has 100 valence electrons. The number of aromatic nitrogens is 3. The van der Waals surface area contributed by atoms with Crippen LogP contribution in [0.3, 0.4) is 0 Å². The van der Waals surface area contributed by atoms with Crippen molar-refractivity contribution in [2.75, 3.05) is 6.61 Å². The Kier molecular flexibility index (Phi) is 3.48. The topological polar surface area (TPSA) is 58.4 Å². The van der Waals surface area contributed by atoms with E-state index in [1.165, 1.54) is 0 Å². The molecule has 1 aliphatic rings. The van der Waals surface area contributed by atoms with Crippen LogP contribution >= 0.6 is 0 Å². The Morgan fingerprint density at radius 1 is 1.28 bits per heavy atom. The first kappa shape index (κ1) is 13.5. The molecule has 7 heteroatoms. The van der Waals surface area contributed by atoms with E-state index in [1.54, 1.807) is 10.9 Å². The number of nitrogens with zero attached hydrogens (tertiary/aromatic N) is 3. The van der Waals surface area contributed by atoms with Gasteiger partial charge in [0.05, 0.1) is 11.2 Å². The zero-order valence-corrected chi connectivity index (χ0v) is 11.6. The zero-order valence-electron chi connectivity index (χ0n) is 11.6. The molecule has 0 atom stereocenters. The molecule has 0 N–H and O–H groups in total. The summed E-state index contributed by atoms with van der Waals surface area (Å²) in [6.45, 7) is 11.0. The summed E-state index contributed by atoms with van der Waals surface area (Å²) in [5.74, 6) is 0. The first-order valence-corrected chi connectivity index (χ1v) is 6.19. The van der Waals surface area contributed by atoms with Crippen LogP contribution in [0.15, 0.2) is 6.20 Å². The molecule has 0 bridgehead atoms. The van der Waals surface area contributed by atoms with Crippen molar-refractivity contribution in [3.05, 3.63) is 6.20 Å². The summed E-state index contributed by atoms with van der Waals surface area (Å²) in [6.07, 6.45) is 1.79. The third-order valence-electron chi connectivity index (χ3n) is 3.48. The smallest absolute Gasteiger partial charge is 0.398 e. The van der Waals surface area contributed by atoms with Crippen LogP contribution in [0.4, 0.5) is 0 Å². The van der Waals surface area contributed by atoms with Gasteiger partial charge in [-0.25, -0.2) is 4.68 Å². The van der Waals surface area contributed by atoms with Gasteiger partial charge < -0.3 is 14.0 Å². The number of rotatable bonds is 4. The largest absolute Gasteiger partial charge is 0.518 e. The average molecular weight is 253 g/mol. The highest BCUT2D eigenvalue weighted by molar-refractivity contribution is 6.61. The molecule has 0 aliphatic carbocycles. The van der Waals surface area contributed by atoms with E-state index >= 15 is 0 Å². The van der Waals surface area contributed by atoms with E-state index in [0.717, 1.165) is 0 Å². The normalized spacial score (nSPS) is 21.5. The van der Waals surface area contributed by atoms with Crippen LogP contribution in [0, 0.1) is 0 Å². The van der Waals surface area contributed by atoms with Gasteiger partial charge in [0.1, 0.15) is 12.3 Å². The molecule has 0 amide bonds. The fraction of sp³-hybridized carbons (Fsp3) is 0.818. The van der Waals surface area contributed by atoms with Crippen molar-refractivity contribution in [3.8, 4) is 0 Å². The van der Waals surface area contributed by atoms with Crippen molar-refractivity contribution in [2.45, 2.75) is 52.6 Å². The third-order valence-corrected chi connectivity index (χ3v) is 3.48. The summed E-state index contributed by atoms with van der Waals surface area (Å²) in [6, 6.07) is 0. The molecule has 0 saturated carbocycles. The van der Waals surface area contributed by atoms with Gasteiger partial charge >= 0.3 is 7.12 Å². The fourth-order valence-corrected chi connectivity index (χ4v) is 1.63. The predicted molar refractivity (Wildman–Crippen MR) is 67.4 cm³/mol. The first-order valence-electron chi connectivity index (χ1n) is 6.19. The SMILES string of the molecule is CCOCn1cc(B2OC(C)(C)C(C)(C)O2)nn1. The molecule has 1 aliphatic heterocycles. The standard InChI is InChI=1S/C11H20BN3O3/c1-6-16-8-15-7-9(13-14-15)12-17-10(2,3)11(4,5)18-12/h7H,6,8H2,1-5H3. The summed E-state index contributed by atoms with van der Waals surface area (Å²) in [5, 5.41) is 8.04. The summed E-state index contributed by atoms with van der Waals surface area (Å²) < 4.78 is 18.7. The Morgan fingerprint density at radius 2 is 1.89 bits per heavy atom. The van der Waals surface area contributed by atoms with Gasteiger partial charge in [0.25, 0.3) is 0 Å². The molecule has 1 fully saturated rings. The maximum Gasteiger partial charge on any atom is 0.518 e. The molecule has 6 nitrogen and oxygen atoms in total. The highest BCUT2D eigenvalue weighted by atomic mass is 16.7. The second-order valence-electron chi connectivity index (χ2n) is 5.39. The minimum atomic E-state index is -0.467. The molecule has 1 saturated heterocycles. The molecule has 2 rings (SSSR count). The highest BCUT2D eigenvalue weighted by Gasteiger charge is 2.52. The van der Waals surface area contributed by atoms with Gasteiger partial charge in [0, 0.05) is 12.8 Å². The lowest BCUT2D eigenvalue weighted by molar-refractivity contribution is 0.00578. The van der Waals surface area contributed by atoms with E-state index in [1.807, 2.05) is 34.6 Å². The Balaban J connectivity index is 2.07. The molecular formula is C11H20BN3O3. The van der Waals surface area contributed by atoms with Crippen LogP contribution in [-0.2, 0) is 20.8 Å². The van der Waals surface area contributed by atoms with Gasteiger partial charge in [-0.05, 0) is 34.6 Å². The predicted octanol–water partition coefficient (Wildman–Crippen LogP) is 0.571. The minimum Gasteiger partial charge on any atom is -0.398 e. The summed E-state index contributed by atoms with van der Waals surface area (Å²) in [7, 11) is -0.467. The molecule has 1 aromatic rings. The van der Waals surface area contributed by atoms with Crippen LogP contribution in [-0.4, -0.2) is 39.9 Å². The Morgan fingerprint density at radius 3 is 2.44 bits per heavy atom. The van der Waals surface area contributed by atoms with Crippen LogP contribution in [0.1, 0.15) is 34.6 Å². The molecule has 18 heavy (non-hydrogen) atoms. The van der Waals surface area contributed by atoms with Gasteiger partial charge in [-0.3, -0.25) is 0 Å². The zero-order chi connectivity index (χ0) is 13.4. The van der Waals surface area contributed by atoms with E-state index in [4.69, 9.17) is 14.0 Å². The average Bonchev–Trinajstić information content (AvgIpc) is 2.80. The van der Waals surface area contributed by atoms with E-state index in [-0.39, 0.29) is 11.2 Å². The lowest BCUT2D eigenvalue weighted by Gasteiger charge is -2.32. The highest BCUT2D eigenvalue weighted by Crippen LogP contribution is 2.36. The fourth-order valence-electron chi connectivity index (χ4n) is 1.63. The first-order chi connectivity index (χ1) is 8.36. The molecule has 1 aromatic heterocycles. The van der Waals surface area contributed by atoms with Gasteiger partial charge in [-0.15, -0.1) is 5.10 Å². The minimum absolute atomic E-state index is 0.360. The lowest BCUT2D eigenvalue weighted by Crippen LogP contribution is -2.41. The van der Waals surface area contributed by atoms with Gasteiger partial charge in [-0.1, -0.05) is 5.21 Å². The maximum atomic E-state index is 5.89. The van der Waals surface area contributed by atoms with Crippen LogP contribution in [0.2, 0.25) is 0 Å².